The summed E-state index contributed by atoms with van der Waals surface area (Å²) in [5.41, 5.74) is -1.45. The highest BCUT2D eigenvalue weighted by Crippen LogP contribution is 2.23. The Kier molecular flexibility index (Phi) is 8.66. The Morgan fingerprint density at radius 3 is 1.93 bits per heavy atom. The van der Waals surface area contributed by atoms with E-state index in [9.17, 15) is 29.8 Å². The molecule has 1 N–H and O–H groups in total. The molecule has 1 atom stereocenters. The van der Waals surface area contributed by atoms with Crippen LogP contribution in [0.25, 0.3) is 0 Å². The largest absolute Gasteiger partial charge is 0.340 e. The van der Waals surface area contributed by atoms with Crippen LogP contribution < -0.4 is 5.32 Å². The minimum Gasteiger partial charge on any atom is -0.340 e. The first-order valence-electron chi connectivity index (χ1n) is 8.86. The van der Waals surface area contributed by atoms with Crippen molar-refractivity contribution in [3.8, 4) is 0 Å². The van der Waals surface area contributed by atoms with Gasteiger partial charge in [0.2, 0.25) is 5.91 Å². The van der Waals surface area contributed by atoms with E-state index in [0.717, 1.165) is 18.2 Å². The quantitative estimate of drug-likeness (QED) is 0.342. The van der Waals surface area contributed by atoms with Gasteiger partial charge in [0.25, 0.3) is 17.3 Å². The molecular weight excluding hydrogens is 380 g/mol. The van der Waals surface area contributed by atoms with Crippen molar-refractivity contribution in [1.82, 2.24) is 10.2 Å². The second kappa shape index (κ2) is 10.7. The molecule has 10 nitrogen and oxygen atoms in total. The van der Waals surface area contributed by atoms with E-state index >= 15 is 0 Å². The Morgan fingerprint density at radius 1 is 1.07 bits per heavy atom. The molecule has 29 heavy (non-hydrogen) atoms. The zero-order valence-electron chi connectivity index (χ0n) is 16.4. The van der Waals surface area contributed by atoms with Crippen LogP contribution in [0.5, 0.6) is 0 Å². The van der Waals surface area contributed by atoms with Crippen LogP contribution in [0.3, 0.4) is 0 Å². The molecule has 0 aliphatic rings. The molecule has 1 rings (SSSR count). The lowest BCUT2D eigenvalue weighted by atomic mass is 10.0. The maximum absolute atomic E-state index is 12.9. The molecule has 0 fully saturated rings. The number of hydrogen-bond donors (Lipinski definition) is 1. The van der Waals surface area contributed by atoms with Crippen molar-refractivity contribution in [3.05, 3.63) is 69.3 Å². The fraction of sp³-hybridized carbons (Fsp3) is 0.368. The van der Waals surface area contributed by atoms with Gasteiger partial charge >= 0.3 is 0 Å². The number of non-ortho nitro benzene ring substituents is 2. The fourth-order valence-corrected chi connectivity index (χ4v) is 2.66. The van der Waals surface area contributed by atoms with E-state index in [2.05, 4.69) is 18.5 Å². The van der Waals surface area contributed by atoms with E-state index in [1.807, 2.05) is 13.8 Å². The van der Waals surface area contributed by atoms with Crippen molar-refractivity contribution in [1.29, 1.82) is 0 Å². The van der Waals surface area contributed by atoms with Crippen LogP contribution in [0, 0.1) is 26.1 Å². The number of carbonyl (C=O) groups is 2. The van der Waals surface area contributed by atoms with E-state index < -0.39 is 33.2 Å². The van der Waals surface area contributed by atoms with Crippen LogP contribution in [0.15, 0.2) is 43.5 Å². The second-order valence-corrected chi connectivity index (χ2v) is 6.73. The third-order valence-corrected chi connectivity index (χ3v) is 3.91. The van der Waals surface area contributed by atoms with Crippen LogP contribution in [0.2, 0.25) is 0 Å². The Balaban J connectivity index is 3.22. The molecule has 0 radical (unpaired) electrons. The standard InChI is InChI=1S/C19H24N4O6/c1-5-7-21(8-6-2)19(25)17(9-13(3)4)20-18(24)14-10-15(22(26)27)12-16(11-14)23(28)29/h5-6,10-13,17H,1-2,7-9H2,3-4H3,(H,20,24). The van der Waals surface area contributed by atoms with Crippen LogP contribution in [-0.4, -0.2) is 45.7 Å². The fourth-order valence-electron chi connectivity index (χ4n) is 2.66. The summed E-state index contributed by atoms with van der Waals surface area (Å²) in [7, 11) is 0. The van der Waals surface area contributed by atoms with Gasteiger partial charge in [0.05, 0.1) is 21.5 Å². The maximum atomic E-state index is 12.9. The minimum absolute atomic E-state index is 0.0537. The van der Waals surface area contributed by atoms with Crippen molar-refractivity contribution in [2.24, 2.45) is 5.92 Å². The van der Waals surface area contributed by atoms with Gasteiger partial charge in [-0.15, -0.1) is 13.2 Å². The van der Waals surface area contributed by atoms with Gasteiger partial charge in [0.15, 0.2) is 0 Å². The Hall–Kier alpha value is -3.56. The molecule has 1 unspecified atom stereocenters. The first-order chi connectivity index (χ1) is 13.6. The SMILES string of the molecule is C=CCN(CC=C)C(=O)C(CC(C)C)NC(=O)c1cc([N+](=O)[O-])cc([N+](=O)[O-])c1. The number of nitro benzene ring substituents is 2. The number of benzene rings is 1. The highest BCUT2D eigenvalue weighted by atomic mass is 16.6. The summed E-state index contributed by atoms with van der Waals surface area (Å²) in [6.07, 6.45) is 3.39. The molecular formula is C19H24N4O6. The number of rotatable bonds is 11. The Labute approximate surface area is 168 Å². The number of hydrogen-bond acceptors (Lipinski definition) is 6. The molecule has 0 bridgehead atoms. The average Bonchev–Trinajstić information content (AvgIpc) is 2.65. The molecule has 0 saturated carbocycles. The molecule has 0 heterocycles. The van der Waals surface area contributed by atoms with Gasteiger partial charge in [-0.2, -0.15) is 0 Å². The number of nitro groups is 2. The number of nitrogens with zero attached hydrogens (tertiary/aromatic N) is 3. The van der Waals surface area contributed by atoms with Crippen LogP contribution in [0.4, 0.5) is 11.4 Å². The molecule has 2 amide bonds. The lowest BCUT2D eigenvalue weighted by molar-refractivity contribution is -0.394. The molecule has 0 aromatic heterocycles. The van der Waals surface area contributed by atoms with Crippen LogP contribution in [0.1, 0.15) is 30.6 Å². The predicted molar refractivity (Wildman–Crippen MR) is 107 cm³/mol. The lowest BCUT2D eigenvalue weighted by Gasteiger charge is -2.27. The van der Waals surface area contributed by atoms with Crippen molar-refractivity contribution in [2.45, 2.75) is 26.3 Å². The van der Waals surface area contributed by atoms with Crippen molar-refractivity contribution >= 4 is 23.2 Å². The number of carbonyl (C=O) groups excluding carboxylic acids is 2. The van der Waals surface area contributed by atoms with Crippen molar-refractivity contribution in [2.75, 3.05) is 13.1 Å². The summed E-state index contributed by atoms with van der Waals surface area (Å²) in [6.45, 7) is 11.4. The van der Waals surface area contributed by atoms with Gasteiger partial charge in [-0.25, -0.2) is 0 Å². The molecule has 10 heteroatoms. The molecule has 0 aliphatic carbocycles. The normalized spacial score (nSPS) is 11.4. The van der Waals surface area contributed by atoms with E-state index in [1.54, 1.807) is 12.2 Å². The topological polar surface area (TPSA) is 136 Å². The minimum atomic E-state index is -0.916. The molecule has 1 aromatic carbocycles. The number of nitrogens with one attached hydrogen (secondary N) is 1. The van der Waals surface area contributed by atoms with Gasteiger partial charge in [0, 0.05) is 25.2 Å². The highest BCUT2D eigenvalue weighted by Gasteiger charge is 2.28. The predicted octanol–water partition coefficient (Wildman–Crippen LogP) is 2.85. The summed E-state index contributed by atoms with van der Waals surface area (Å²) in [6, 6.07) is 1.72. The van der Waals surface area contributed by atoms with E-state index in [1.165, 1.54) is 4.90 Å². The average molecular weight is 404 g/mol. The third kappa shape index (κ3) is 6.83. The number of amides is 2. The second-order valence-electron chi connectivity index (χ2n) is 6.73. The molecule has 156 valence electrons. The van der Waals surface area contributed by atoms with Gasteiger partial charge in [-0.05, 0) is 12.3 Å². The summed E-state index contributed by atoms with van der Waals surface area (Å²) in [4.78, 5) is 47.4. The smallest absolute Gasteiger partial charge is 0.277 e. The maximum Gasteiger partial charge on any atom is 0.277 e. The Bertz CT molecular complexity index is 779. The van der Waals surface area contributed by atoms with Gasteiger partial charge in [0.1, 0.15) is 6.04 Å². The summed E-state index contributed by atoms with van der Waals surface area (Å²) in [5, 5.41) is 24.6. The summed E-state index contributed by atoms with van der Waals surface area (Å²) < 4.78 is 0. The zero-order chi connectivity index (χ0) is 22.1. The van der Waals surface area contributed by atoms with Crippen LogP contribution >= 0.6 is 0 Å². The van der Waals surface area contributed by atoms with E-state index in [-0.39, 0.29) is 30.5 Å². The molecule has 0 aliphatic heterocycles. The van der Waals surface area contributed by atoms with Crippen molar-refractivity contribution < 1.29 is 19.4 Å². The van der Waals surface area contributed by atoms with E-state index in [0.29, 0.717) is 6.42 Å². The first-order valence-corrected chi connectivity index (χ1v) is 8.86. The van der Waals surface area contributed by atoms with Gasteiger partial charge < -0.3 is 10.2 Å². The third-order valence-electron chi connectivity index (χ3n) is 3.91. The van der Waals surface area contributed by atoms with Gasteiger partial charge in [-0.1, -0.05) is 26.0 Å². The van der Waals surface area contributed by atoms with E-state index in [4.69, 9.17) is 0 Å². The first kappa shape index (κ1) is 23.5. The molecule has 0 spiro atoms. The highest BCUT2D eigenvalue weighted by molar-refractivity contribution is 5.98. The zero-order valence-corrected chi connectivity index (χ0v) is 16.4. The molecule has 1 aromatic rings. The monoisotopic (exact) mass is 404 g/mol. The van der Waals surface area contributed by atoms with Crippen LogP contribution in [-0.2, 0) is 4.79 Å². The lowest BCUT2D eigenvalue weighted by Crippen LogP contribution is -2.49. The van der Waals surface area contributed by atoms with Crippen molar-refractivity contribution in [3.63, 3.8) is 0 Å². The summed E-state index contributed by atoms with van der Waals surface area (Å²) in [5.74, 6) is -1.13. The van der Waals surface area contributed by atoms with Gasteiger partial charge in [-0.3, -0.25) is 29.8 Å². The Morgan fingerprint density at radius 2 is 1.55 bits per heavy atom. The summed E-state index contributed by atoms with van der Waals surface area (Å²) >= 11 is 0. The molecule has 0 saturated heterocycles.